The number of nitrogens with one attached hydrogen (secondary N) is 2. The number of hydrogen-bond acceptors (Lipinski definition) is 7. The molecule has 0 saturated carbocycles. The lowest BCUT2D eigenvalue weighted by molar-refractivity contribution is 0.305. The average Bonchev–Trinajstić information content (AvgIpc) is 3.42. The number of H-pyrrole nitrogens is 1. The Hall–Kier alpha value is -3.78. The molecule has 0 saturated heterocycles. The molecular weight excluding hydrogens is 384 g/mol. The zero-order chi connectivity index (χ0) is 19.5. The zero-order valence-electron chi connectivity index (χ0n) is 15.2. The van der Waals surface area contributed by atoms with Crippen molar-refractivity contribution in [3.63, 3.8) is 0 Å². The zero-order valence-corrected chi connectivity index (χ0v) is 16.1. The Kier molecular flexibility index (Phi) is 4.59. The molecule has 8 heteroatoms. The molecule has 0 amide bonds. The Morgan fingerprint density at radius 2 is 2.03 bits per heavy atom. The van der Waals surface area contributed by atoms with Gasteiger partial charge in [0.15, 0.2) is 5.13 Å². The molecule has 0 aliphatic rings. The van der Waals surface area contributed by atoms with Crippen LogP contribution >= 0.6 is 11.3 Å². The fraction of sp³-hybridized carbons (Fsp3) is 0.0476. The molecule has 5 aromatic rings. The number of ether oxygens (including phenoxy) is 1. The summed E-state index contributed by atoms with van der Waals surface area (Å²) in [6, 6.07) is 13.8. The van der Waals surface area contributed by atoms with Crippen LogP contribution in [0.3, 0.4) is 0 Å². The van der Waals surface area contributed by atoms with Gasteiger partial charge in [0.2, 0.25) is 0 Å². The average molecular weight is 400 g/mol. The van der Waals surface area contributed by atoms with Gasteiger partial charge in [0.05, 0.1) is 22.6 Å². The molecular formula is C21H16N6OS. The smallest absolute Gasteiger partial charge is 0.189 e. The van der Waals surface area contributed by atoms with Gasteiger partial charge in [-0.3, -0.25) is 10.1 Å². The number of aromatic nitrogens is 5. The molecule has 0 bridgehead atoms. The van der Waals surface area contributed by atoms with Crippen LogP contribution in [0.4, 0.5) is 10.9 Å². The first kappa shape index (κ1) is 17.3. The van der Waals surface area contributed by atoms with E-state index in [1.807, 2.05) is 48.8 Å². The molecule has 0 atom stereocenters. The van der Waals surface area contributed by atoms with Gasteiger partial charge in [-0.2, -0.15) is 5.10 Å². The lowest BCUT2D eigenvalue weighted by Crippen LogP contribution is -1.98. The van der Waals surface area contributed by atoms with E-state index in [1.165, 1.54) is 0 Å². The van der Waals surface area contributed by atoms with Gasteiger partial charge in [0.25, 0.3) is 0 Å². The molecule has 7 nitrogen and oxygen atoms in total. The van der Waals surface area contributed by atoms with Crippen LogP contribution in [0, 0.1) is 0 Å². The van der Waals surface area contributed by atoms with Gasteiger partial charge >= 0.3 is 0 Å². The second-order valence-corrected chi connectivity index (χ2v) is 7.37. The van der Waals surface area contributed by atoms with Crippen molar-refractivity contribution in [1.29, 1.82) is 0 Å². The summed E-state index contributed by atoms with van der Waals surface area (Å²) in [5, 5.41) is 10.9. The normalized spacial score (nSPS) is 10.9. The summed E-state index contributed by atoms with van der Waals surface area (Å²) in [6.07, 6.45) is 8.86. The fourth-order valence-electron chi connectivity index (χ4n) is 2.91. The minimum atomic E-state index is 0.441. The van der Waals surface area contributed by atoms with Crippen molar-refractivity contribution < 1.29 is 4.74 Å². The van der Waals surface area contributed by atoms with Gasteiger partial charge in [0, 0.05) is 24.2 Å². The summed E-state index contributed by atoms with van der Waals surface area (Å²) in [5.74, 6) is 1.46. The molecule has 0 aliphatic heterocycles. The number of hydrogen-bond donors (Lipinski definition) is 2. The Balaban J connectivity index is 1.32. The third-order valence-corrected chi connectivity index (χ3v) is 5.25. The second kappa shape index (κ2) is 7.69. The first-order valence-corrected chi connectivity index (χ1v) is 9.80. The molecule has 0 fully saturated rings. The topological polar surface area (TPSA) is 88.6 Å². The van der Waals surface area contributed by atoms with E-state index < -0.39 is 0 Å². The van der Waals surface area contributed by atoms with Crippen molar-refractivity contribution in [3.05, 3.63) is 79.0 Å². The van der Waals surface area contributed by atoms with Crippen LogP contribution in [0.15, 0.2) is 73.4 Å². The Morgan fingerprint density at radius 3 is 2.90 bits per heavy atom. The van der Waals surface area contributed by atoms with Crippen LogP contribution in [-0.4, -0.2) is 25.1 Å². The Bertz CT molecular complexity index is 1240. The van der Waals surface area contributed by atoms with Gasteiger partial charge in [-0.05, 0) is 47.5 Å². The highest BCUT2D eigenvalue weighted by Gasteiger charge is 2.08. The van der Waals surface area contributed by atoms with E-state index in [0.717, 1.165) is 43.6 Å². The quantitative estimate of drug-likeness (QED) is 0.426. The monoisotopic (exact) mass is 400 g/mol. The number of nitrogens with zero attached hydrogens (tertiary/aromatic N) is 4. The summed E-state index contributed by atoms with van der Waals surface area (Å²) >= 11 is 1.59. The minimum absolute atomic E-state index is 0.441. The number of benzene rings is 1. The number of fused-ring (bicyclic) bond motifs is 1. The van der Waals surface area contributed by atoms with Crippen molar-refractivity contribution in [2.75, 3.05) is 5.32 Å². The number of aromatic amines is 1. The van der Waals surface area contributed by atoms with Gasteiger partial charge in [0.1, 0.15) is 18.2 Å². The molecule has 4 heterocycles. The SMILES string of the molecule is c1cncc(OCc2ccnc(Nc3nc4ccc(-c5cn[nH]c5)cc4s3)c2)c1. The maximum absolute atomic E-state index is 5.76. The van der Waals surface area contributed by atoms with E-state index in [1.54, 1.807) is 29.9 Å². The van der Waals surface area contributed by atoms with E-state index in [4.69, 9.17) is 4.74 Å². The van der Waals surface area contributed by atoms with Crippen molar-refractivity contribution >= 4 is 32.5 Å². The molecule has 0 aliphatic carbocycles. The largest absolute Gasteiger partial charge is 0.487 e. The predicted octanol–water partition coefficient (Wildman–Crippen LogP) is 4.80. The van der Waals surface area contributed by atoms with E-state index >= 15 is 0 Å². The highest BCUT2D eigenvalue weighted by Crippen LogP contribution is 2.31. The van der Waals surface area contributed by atoms with Crippen LogP contribution in [0.5, 0.6) is 5.75 Å². The highest BCUT2D eigenvalue weighted by molar-refractivity contribution is 7.22. The van der Waals surface area contributed by atoms with Crippen molar-refractivity contribution in [2.24, 2.45) is 0 Å². The van der Waals surface area contributed by atoms with Gasteiger partial charge < -0.3 is 10.1 Å². The first-order valence-electron chi connectivity index (χ1n) is 8.98. The van der Waals surface area contributed by atoms with Crippen LogP contribution < -0.4 is 10.1 Å². The molecule has 142 valence electrons. The number of thiazole rings is 1. The van der Waals surface area contributed by atoms with Crippen LogP contribution in [0.1, 0.15) is 5.56 Å². The second-order valence-electron chi connectivity index (χ2n) is 6.34. The van der Waals surface area contributed by atoms with Gasteiger partial charge in [-0.15, -0.1) is 0 Å². The van der Waals surface area contributed by atoms with Crippen LogP contribution in [-0.2, 0) is 6.61 Å². The summed E-state index contributed by atoms with van der Waals surface area (Å²) in [6.45, 7) is 0.441. The maximum Gasteiger partial charge on any atom is 0.189 e. The summed E-state index contributed by atoms with van der Waals surface area (Å²) in [4.78, 5) is 13.1. The van der Waals surface area contributed by atoms with E-state index in [0.29, 0.717) is 6.61 Å². The maximum atomic E-state index is 5.76. The molecule has 2 N–H and O–H groups in total. The predicted molar refractivity (Wildman–Crippen MR) is 113 cm³/mol. The van der Waals surface area contributed by atoms with Crippen molar-refractivity contribution in [1.82, 2.24) is 25.1 Å². The molecule has 4 aromatic heterocycles. The van der Waals surface area contributed by atoms with Crippen molar-refractivity contribution in [3.8, 4) is 16.9 Å². The molecule has 1 aromatic carbocycles. The standard InChI is InChI=1S/C21H16N6OS/c1-2-17(12-22-6-1)28-13-14-5-7-23-20(8-14)27-21-26-18-4-3-15(9-19(18)29-21)16-10-24-25-11-16/h1-12H,13H2,(H,24,25)(H,23,26,27). The summed E-state index contributed by atoms with van der Waals surface area (Å²) < 4.78 is 6.85. The number of anilines is 2. The summed E-state index contributed by atoms with van der Waals surface area (Å²) in [5.41, 5.74) is 4.11. The molecule has 0 radical (unpaired) electrons. The third kappa shape index (κ3) is 3.92. The van der Waals surface area contributed by atoms with E-state index in [2.05, 4.69) is 36.5 Å². The lowest BCUT2D eigenvalue weighted by Gasteiger charge is -2.07. The molecule has 29 heavy (non-hydrogen) atoms. The Morgan fingerprint density at radius 1 is 1.03 bits per heavy atom. The number of pyridine rings is 2. The molecule has 0 unspecified atom stereocenters. The number of rotatable bonds is 6. The lowest BCUT2D eigenvalue weighted by atomic mass is 10.1. The highest BCUT2D eigenvalue weighted by atomic mass is 32.1. The van der Waals surface area contributed by atoms with Crippen molar-refractivity contribution in [2.45, 2.75) is 6.61 Å². The van der Waals surface area contributed by atoms with Gasteiger partial charge in [-0.25, -0.2) is 9.97 Å². The van der Waals surface area contributed by atoms with Crippen LogP contribution in [0.2, 0.25) is 0 Å². The van der Waals surface area contributed by atoms with Crippen LogP contribution in [0.25, 0.3) is 21.3 Å². The van der Waals surface area contributed by atoms with Gasteiger partial charge in [-0.1, -0.05) is 17.4 Å². The third-order valence-electron chi connectivity index (χ3n) is 4.32. The minimum Gasteiger partial charge on any atom is -0.487 e. The first-order chi connectivity index (χ1) is 14.3. The fourth-order valence-corrected chi connectivity index (χ4v) is 3.82. The molecule has 5 rings (SSSR count). The molecule has 0 spiro atoms. The Labute approximate surface area is 170 Å². The van der Waals surface area contributed by atoms with E-state index in [9.17, 15) is 0 Å². The summed E-state index contributed by atoms with van der Waals surface area (Å²) in [7, 11) is 0. The van der Waals surface area contributed by atoms with E-state index in [-0.39, 0.29) is 0 Å².